The highest BCUT2D eigenvalue weighted by Gasteiger charge is 2.41. The number of nitrogens with one attached hydrogen (secondary N) is 2. The normalized spacial score (nSPS) is 23.0. The summed E-state index contributed by atoms with van der Waals surface area (Å²) in [5.41, 5.74) is 0.240. The lowest BCUT2D eigenvalue weighted by Gasteiger charge is -2.22. The standard InChI is InChI=1S/C15H21N3O3/c1-15(10-11-6-4-5-7-12(11)21-3)13(19)17-14(18-15)16-8-9-20-2/h4-7H,8-10H2,1-3H3,(H2,16,17,18,19). The molecule has 0 aliphatic carbocycles. The Labute approximate surface area is 124 Å². The number of carbonyl (C=O) groups excluding carboxylic acids is 1. The lowest BCUT2D eigenvalue weighted by atomic mass is 9.92. The van der Waals surface area contributed by atoms with Crippen LogP contribution in [0.25, 0.3) is 0 Å². The summed E-state index contributed by atoms with van der Waals surface area (Å²) in [4.78, 5) is 16.5. The number of para-hydroxylation sites is 1. The molecule has 1 unspecified atom stereocenters. The fourth-order valence-electron chi connectivity index (χ4n) is 2.28. The summed E-state index contributed by atoms with van der Waals surface area (Å²) in [5, 5.41) is 5.92. The van der Waals surface area contributed by atoms with Crippen LogP contribution in [0.2, 0.25) is 0 Å². The van der Waals surface area contributed by atoms with Crippen molar-refractivity contribution in [1.29, 1.82) is 0 Å². The first kappa shape index (κ1) is 15.3. The molecular weight excluding hydrogens is 270 g/mol. The van der Waals surface area contributed by atoms with Gasteiger partial charge in [-0.05, 0) is 18.6 Å². The predicted octanol–water partition coefficient (Wildman–Crippen LogP) is 0.718. The van der Waals surface area contributed by atoms with Gasteiger partial charge in [-0.2, -0.15) is 0 Å². The van der Waals surface area contributed by atoms with Crippen LogP contribution in [-0.2, 0) is 16.0 Å². The monoisotopic (exact) mass is 291 g/mol. The highest BCUT2D eigenvalue weighted by atomic mass is 16.5. The number of nitrogens with zero attached hydrogens (tertiary/aromatic N) is 1. The fourth-order valence-corrected chi connectivity index (χ4v) is 2.28. The van der Waals surface area contributed by atoms with Crippen molar-refractivity contribution in [3.8, 4) is 5.75 Å². The number of carbonyl (C=O) groups is 1. The molecule has 0 radical (unpaired) electrons. The average Bonchev–Trinajstić information content (AvgIpc) is 2.74. The number of benzene rings is 1. The molecule has 21 heavy (non-hydrogen) atoms. The zero-order valence-corrected chi connectivity index (χ0v) is 12.6. The van der Waals surface area contributed by atoms with Gasteiger partial charge in [0.25, 0.3) is 5.91 Å². The van der Waals surface area contributed by atoms with E-state index in [1.165, 1.54) is 0 Å². The highest BCUT2D eigenvalue weighted by molar-refractivity contribution is 6.08. The van der Waals surface area contributed by atoms with E-state index < -0.39 is 5.54 Å². The zero-order chi connectivity index (χ0) is 15.3. The highest BCUT2D eigenvalue weighted by Crippen LogP contribution is 2.24. The molecule has 0 bridgehead atoms. The van der Waals surface area contributed by atoms with Crippen LogP contribution in [0.5, 0.6) is 5.75 Å². The molecule has 6 heteroatoms. The van der Waals surface area contributed by atoms with Crippen molar-refractivity contribution in [1.82, 2.24) is 10.6 Å². The van der Waals surface area contributed by atoms with Crippen molar-refractivity contribution in [3.05, 3.63) is 29.8 Å². The lowest BCUT2D eigenvalue weighted by Crippen LogP contribution is -2.45. The van der Waals surface area contributed by atoms with Crippen molar-refractivity contribution < 1.29 is 14.3 Å². The molecule has 0 saturated carbocycles. The van der Waals surface area contributed by atoms with E-state index in [4.69, 9.17) is 9.47 Å². The number of aliphatic imine (C=N–C) groups is 1. The molecule has 1 aliphatic rings. The van der Waals surface area contributed by atoms with Crippen LogP contribution < -0.4 is 15.4 Å². The molecular formula is C15H21N3O3. The van der Waals surface area contributed by atoms with Gasteiger partial charge in [0, 0.05) is 13.5 Å². The number of rotatable bonds is 6. The van der Waals surface area contributed by atoms with Gasteiger partial charge in [0.05, 0.1) is 20.3 Å². The third kappa shape index (κ3) is 3.52. The van der Waals surface area contributed by atoms with Crippen LogP contribution in [-0.4, -0.2) is 44.8 Å². The molecule has 0 aromatic heterocycles. The quantitative estimate of drug-likeness (QED) is 0.758. The van der Waals surface area contributed by atoms with Gasteiger partial charge in [-0.25, -0.2) is 0 Å². The molecule has 1 heterocycles. The smallest absolute Gasteiger partial charge is 0.252 e. The van der Waals surface area contributed by atoms with Gasteiger partial charge in [-0.3, -0.25) is 15.1 Å². The molecule has 1 aliphatic heterocycles. The number of ether oxygens (including phenoxy) is 2. The first-order valence-electron chi connectivity index (χ1n) is 6.84. The summed E-state index contributed by atoms with van der Waals surface area (Å²) >= 11 is 0. The summed E-state index contributed by atoms with van der Waals surface area (Å²) in [6.07, 6.45) is 0.520. The molecule has 0 spiro atoms. The maximum Gasteiger partial charge on any atom is 0.252 e. The number of guanidine groups is 1. The molecule has 114 valence electrons. The van der Waals surface area contributed by atoms with Crippen LogP contribution in [0.15, 0.2) is 29.3 Å². The third-order valence-corrected chi connectivity index (χ3v) is 3.43. The predicted molar refractivity (Wildman–Crippen MR) is 80.6 cm³/mol. The summed E-state index contributed by atoms with van der Waals surface area (Å²) in [7, 11) is 3.24. The Kier molecular flexibility index (Phi) is 4.80. The second-order valence-electron chi connectivity index (χ2n) is 5.12. The van der Waals surface area contributed by atoms with Gasteiger partial charge in [0.15, 0.2) is 5.96 Å². The largest absolute Gasteiger partial charge is 0.496 e. The Bertz CT molecular complexity index is 545. The van der Waals surface area contributed by atoms with Crippen molar-refractivity contribution in [2.24, 2.45) is 4.99 Å². The maximum absolute atomic E-state index is 12.2. The minimum atomic E-state index is -0.736. The Morgan fingerprint density at radius 1 is 1.29 bits per heavy atom. The zero-order valence-electron chi connectivity index (χ0n) is 12.6. The second kappa shape index (κ2) is 6.58. The van der Waals surface area contributed by atoms with Crippen LogP contribution >= 0.6 is 0 Å². The summed E-state index contributed by atoms with van der Waals surface area (Å²) < 4.78 is 10.3. The summed E-state index contributed by atoms with van der Waals surface area (Å²) in [5.74, 6) is 1.18. The molecule has 1 fully saturated rings. The van der Waals surface area contributed by atoms with Crippen molar-refractivity contribution in [2.45, 2.75) is 18.9 Å². The van der Waals surface area contributed by atoms with Crippen LogP contribution in [0.3, 0.4) is 0 Å². The minimum Gasteiger partial charge on any atom is -0.496 e. The van der Waals surface area contributed by atoms with Crippen LogP contribution in [0, 0.1) is 0 Å². The van der Waals surface area contributed by atoms with Gasteiger partial charge in [-0.1, -0.05) is 18.2 Å². The number of hydrogen-bond donors (Lipinski definition) is 2. The van der Waals surface area contributed by atoms with Gasteiger partial charge in [0.2, 0.25) is 0 Å². The number of amides is 1. The van der Waals surface area contributed by atoms with E-state index in [2.05, 4.69) is 15.6 Å². The first-order valence-corrected chi connectivity index (χ1v) is 6.84. The molecule has 2 N–H and O–H groups in total. The fraction of sp³-hybridized carbons (Fsp3) is 0.467. The number of methoxy groups -OCH3 is 2. The van der Waals surface area contributed by atoms with Crippen LogP contribution in [0.4, 0.5) is 0 Å². The lowest BCUT2D eigenvalue weighted by molar-refractivity contribution is -0.123. The van der Waals surface area contributed by atoms with E-state index in [0.717, 1.165) is 11.3 Å². The van der Waals surface area contributed by atoms with Gasteiger partial charge < -0.3 is 14.8 Å². The molecule has 1 atom stereocenters. The average molecular weight is 291 g/mol. The van der Waals surface area contributed by atoms with E-state index in [1.54, 1.807) is 14.2 Å². The van der Waals surface area contributed by atoms with Crippen molar-refractivity contribution in [2.75, 3.05) is 27.4 Å². The molecule has 1 amide bonds. The van der Waals surface area contributed by atoms with E-state index in [9.17, 15) is 4.79 Å². The molecule has 1 aromatic rings. The minimum absolute atomic E-state index is 0.0930. The Balaban J connectivity index is 2.11. The third-order valence-electron chi connectivity index (χ3n) is 3.43. The van der Waals surface area contributed by atoms with Crippen LogP contribution in [0.1, 0.15) is 12.5 Å². The topological polar surface area (TPSA) is 72.0 Å². The van der Waals surface area contributed by atoms with E-state index in [1.807, 2.05) is 31.2 Å². The maximum atomic E-state index is 12.2. The molecule has 1 saturated heterocycles. The van der Waals surface area contributed by atoms with Crippen molar-refractivity contribution in [3.63, 3.8) is 0 Å². The van der Waals surface area contributed by atoms with Gasteiger partial charge in [0.1, 0.15) is 11.3 Å². The van der Waals surface area contributed by atoms with E-state index in [-0.39, 0.29) is 5.91 Å². The summed E-state index contributed by atoms with van der Waals surface area (Å²) in [6, 6.07) is 7.68. The molecule has 6 nitrogen and oxygen atoms in total. The van der Waals surface area contributed by atoms with E-state index in [0.29, 0.717) is 25.5 Å². The second-order valence-corrected chi connectivity index (χ2v) is 5.12. The Morgan fingerprint density at radius 2 is 2.05 bits per heavy atom. The van der Waals surface area contributed by atoms with E-state index >= 15 is 0 Å². The Morgan fingerprint density at radius 3 is 2.76 bits per heavy atom. The molecule has 1 aromatic carbocycles. The molecule has 2 rings (SSSR count). The SMILES string of the molecule is COCCN=C1NC(=O)C(C)(Cc2ccccc2OC)N1. The van der Waals surface area contributed by atoms with Gasteiger partial charge in [-0.15, -0.1) is 0 Å². The summed E-state index contributed by atoms with van der Waals surface area (Å²) in [6.45, 7) is 2.88. The van der Waals surface area contributed by atoms with Gasteiger partial charge >= 0.3 is 0 Å². The Hall–Kier alpha value is -2.08. The first-order chi connectivity index (χ1) is 10.1. The number of hydrogen-bond acceptors (Lipinski definition) is 4. The van der Waals surface area contributed by atoms with Crippen molar-refractivity contribution >= 4 is 11.9 Å².